The van der Waals surface area contributed by atoms with Crippen LogP contribution in [0.3, 0.4) is 0 Å². The third-order valence-electron chi connectivity index (χ3n) is 7.63. The Balaban J connectivity index is 1.37. The number of nitrogens with two attached hydrogens (primary N) is 1. The van der Waals surface area contributed by atoms with E-state index in [4.69, 9.17) is 10.3 Å². The number of carbonyl (C=O) groups is 4. The van der Waals surface area contributed by atoms with E-state index in [1.807, 2.05) is 4.90 Å². The minimum Gasteiger partial charge on any atom is -0.368 e. The highest BCUT2D eigenvalue weighted by atomic mass is 19.2. The van der Waals surface area contributed by atoms with Crippen molar-refractivity contribution in [1.29, 1.82) is 0 Å². The van der Waals surface area contributed by atoms with Crippen molar-refractivity contribution in [2.45, 2.75) is 63.8 Å². The van der Waals surface area contributed by atoms with Gasteiger partial charge in [0, 0.05) is 38.7 Å². The van der Waals surface area contributed by atoms with Crippen molar-refractivity contribution in [2.24, 2.45) is 5.73 Å². The molecule has 0 saturated carbocycles. The number of likely N-dealkylation sites (tertiary alicyclic amines) is 1. The van der Waals surface area contributed by atoms with Crippen LogP contribution < -0.4 is 21.7 Å². The summed E-state index contributed by atoms with van der Waals surface area (Å²) >= 11 is 0. The van der Waals surface area contributed by atoms with Crippen LogP contribution in [0.1, 0.15) is 52.3 Å². The van der Waals surface area contributed by atoms with Crippen molar-refractivity contribution in [3.05, 3.63) is 64.3 Å². The molecule has 0 radical (unpaired) electrons. The maximum absolute atomic E-state index is 13.7. The molecule has 1 saturated heterocycles. The molecule has 1 spiro atoms. The number of rotatable bonds is 6. The maximum Gasteiger partial charge on any atom is 0.257 e. The minimum atomic E-state index is -1.06. The molecule has 0 bridgehead atoms. The molecule has 4 heterocycles. The third-order valence-corrected chi connectivity index (χ3v) is 7.63. The van der Waals surface area contributed by atoms with Crippen LogP contribution in [0.5, 0.6) is 0 Å². The predicted octanol–water partition coefficient (Wildman–Crippen LogP) is -0.150. The van der Waals surface area contributed by atoms with E-state index in [0.717, 1.165) is 12.1 Å². The lowest BCUT2D eigenvalue weighted by Gasteiger charge is -2.42. The van der Waals surface area contributed by atoms with Gasteiger partial charge in [0.1, 0.15) is 18.2 Å². The van der Waals surface area contributed by atoms with Gasteiger partial charge in [-0.15, -0.1) is 5.10 Å². The smallest absolute Gasteiger partial charge is 0.257 e. The average molecular weight is 600 g/mol. The van der Waals surface area contributed by atoms with Gasteiger partial charge in [-0.25, -0.2) is 13.5 Å². The second-order valence-corrected chi connectivity index (χ2v) is 10.9. The Bertz CT molecular complexity index is 1550. The van der Waals surface area contributed by atoms with E-state index in [9.17, 15) is 28.0 Å². The summed E-state index contributed by atoms with van der Waals surface area (Å²) in [6, 6.07) is 2.69. The number of aromatic nitrogens is 4. The van der Waals surface area contributed by atoms with Gasteiger partial charge in [-0.05, 0) is 37.5 Å². The lowest BCUT2D eigenvalue weighted by atomic mass is 9.83. The summed E-state index contributed by atoms with van der Waals surface area (Å²) in [5, 5.41) is 20.2. The molecule has 2 aliphatic rings. The van der Waals surface area contributed by atoms with Crippen LogP contribution in [0.15, 0.2) is 28.9 Å². The molecule has 228 valence electrons. The molecule has 1 fully saturated rings. The van der Waals surface area contributed by atoms with Crippen LogP contribution in [0, 0.1) is 18.6 Å². The summed E-state index contributed by atoms with van der Waals surface area (Å²) in [6.45, 7) is 2.53. The van der Waals surface area contributed by atoms with Gasteiger partial charge in [0.15, 0.2) is 17.4 Å². The highest BCUT2D eigenvalue weighted by Crippen LogP contribution is 2.29. The van der Waals surface area contributed by atoms with Crippen LogP contribution in [0.25, 0.3) is 0 Å². The number of hydrogen-bond donors (Lipinski definition) is 4. The summed E-state index contributed by atoms with van der Waals surface area (Å²) in [6.07, 6.45) is 2.04. The van der Waals surface area contributed by atoms with Gasteiger partial charge in [-0.1, -0.05) is 16.4 Å². The molecule has 0 aliphatic carbocycles. The van der Waals surface area contributed by atoms with Gasteiger partial charge in [-0.3, -0.25) is 24.1 Å². The van der Waals surface area contributed by atoms with Crippen molar-refractivity contribution < 1.29 is 32.5 Å². The lowest BCUT2D eigenvalue weighted by molar-refractivity contribution is -0.130. The normalized spacial score (nSPS) is 19.5. The SMILES string of the molecule is Cc1noc2c1C(=O)NC1(CCN(Cc3ccc(F)c(F)c3)CC1)CC(=O)N[C@H](Cc1cn(CC(N)=O)nn1)C(=O)NC2. The standard InChI is InChI=1S/C27H31F2N9O5/c1-15-24-21(43-35-15)11-31-25(41)20(9-17-13-38(36-34-17)14-22(30)39)32-23(40)10-27(33-26(24)42)4-6-37(7-5-27)12-16-2-3-18(28)19(29)8-16/h2-3,8,13,20H,4-7,9-12,14H2,1H3,(H2,30,39)(H,31,41)(H,32,40)(H,33,42)/t20-/m1/s1. The highest BCUT2D eigenvalue weighted by Gasteiger charge is 2.40. The fourth-order valence-electron chi connectivity index (χ4n) is 5.44. The summed E-state index contributed by atoms with van der Waals surface area (Å²) < 4.78 is 33.7. The quantitative estimate of drug-likeness (QED) is 0.299. The topological polar surface area (TPSA) is 190 Å². The van der Waals surface area contributed by atoms with Gasteiger partial charge in [0.05, 0.1) is 23.5 Å². The number of halogens is 2. The van der Waals surface area contributed by atoms with E-state index in [0.29, 0.717) is 49.4 Å². The first-order chi connectivity index (χ1) is 20.5. The Kier molecular flexibility index (Phi) is 8.47. The second kappa shape index (κ2) is 12.2. The first-order valence-corrected chi connectivity index (χ1v) is 13.7. The number of benzene rings is 1. The maximum atomic E-state index is 13.7. The zero-order valence-corrected chi connectivity index (χ0v) is 23.4. The fourth-order valence-corrected chi connectivity index (χ4v) is 5.44. The number of hydrogen-bond acceptors (Lipinski definition) is 9. The van der Waals surface area contributed by atoms with Crippen LogP contribution in [0.2, 0.25) is 0 Å². The molecular weight excluding hydrogens is 568 g/mol. The summed E-state index contributed by atoms with van der Waals surface area (Å²) in [7, 11) is 0. The average Bonchev–Trinajstić information content (AvgIpc) is 3.54. The monoisotopic (exact) mass is 599 g/mol. The molecule has 0 unspecified atom stereocenters. The number of aryl methyl sites for hydroxylation is 1. The van der Waals surface area contributed by atoms with E-state index in [-0.39, 0.29) is 37.3 Å². The third kappa shape index (κ3) is 7.02. The van der Waals surface area contributed by atoms with Crippen LogP contribution in [-0.4, -0.2) is 73.3 Å². The number of piperidine rings is 1. The summed E-state index contributed by atoms with van der Waals surface area (Å²) in [5.74, 6) is -3.80. The fraction of sp³-hybridized carbons (Fsp3) is 0.444. The molecule has 3 aromatic rings. The first-order valence-electron chi connectivity index (χ1n) is 13.7. The van der Waals surface area contributed by atoms with E-state index in [1.54, 1.807) is 6.92 Å². The summed E-state index contributed by atoms with van der Waals surface area (Å²) in [5.41, 5.74) is 5.69. The molecule has 16 heteroatoms. The predicted molar refractivity (Wildman–Crippen MR) is 144 cm³/mol. The Morgan fingerprint density at radius 2 is 1.95 bits per heavy atom. The number of primary amides is 1. The van der Waals surface area contributed by atoms with E-state index in [1.165, 1.54) is 16.9 Å². The first kappa shape index (κ1) is 29.8. The van der Waals surface area contributed by atoms with Crippen LogP contribution in [-0.2, 0) is 40.4 Å². The molecule has 4 amide bonds. The van der Waals surface area contributed by atoms with Crippen molar-refractivity contribution in [3.8, 4) is 0 Å². The minimum absolute atomic E-state index is 0.0278. The molecule has 2 aliphatic heterocycles. The highest BCUT2D eigenvalue weighted by molar-refractivity contribution is 5.97. The summed E-state index contributed by atoms with van der Waals surface area (Å²) in [4.78, 5) is 53.4. The van der Waals surface area contributed by atoms with Gasteiger partial charge in [0.2, 0.25) is 17.7 Å². The molecule has 1 aromatic carbocycles. The molecule has 1 atom stereocenters. The van der Waals surface area contributed by atoms with Crippen LogP contribution in [0.4, 0.5) is 8.78 Å². The number of nitrogens with zero attached hydrogens (tertiary/aromatic N) is 5. The van der Waals surface area contributed by atoms with Crippen molar-refractivity contribution in [3.63, 3.8) is 0 Å². The van der Waals surface area contributed by atoms with Crippen LogP contribution >= 0.6 is 0 Å². The Hall–Kier alpha value is -4.73. The van der Waals surface area contributed by atoms with E-state index >= 15 is 0 Å². The Morgan fingerprint density at radius 3 is 2.67 bits per heavy atom. The van der Waals surface area contributed by atoms with Crippen molar-refractivity contribution >= 4 is 23.6 Å². The number of amides is 4. The zero-order chi connectivity index (χ0) is 30.7. The largest absolute Gasteiger partial charge is 0.368 e. The second-order valence-electron chi connectivity index (χ2n) is 10.9. The zero-order valence-electron chi connectivity index (χ0n) is 23.4. The van der Waals surface area contributed by atoms with E-state index in [2.05, 4.69) is 31.4 Å². The molecular formula is C27H31F2N9O5. The Labute approximate surface area is 244 Å². The molecule has 14 nitrogen and oxygen atoms in total. The van der Waals surface area contributed by atoms with Crippen molar-refractivity contribution in [2.75, 3.05) is 13.1 Å². The van der Waals surface area contributed by atoms with Gasteiger partial charge in [-0.2, -0.15) is 0 Å². The molecule has 5 N–H and O–H groups in total. The van der Waals surface area contributed by atoms with Gasteiger partial charge >= 0.3 is 0 Å². The molecule has 43 heavy (non-hydrogen) atoms. The number of carbonyl (C=O) groups excluding carboxylic acids is 4. The van der Waals surface area contributed by atoms with Gasteiger partial charge in [0.25, 0.3) is 5.91 Å². The number of fused-ring (bicyclic) bond motifs is 1. The van der Waals surface area contributed by atoms with Crippen molar-refractivity contribution in [1.82, 2.24) is 41.0 Å². The van der Waals surface area contributed by atoms with Gasteiger partial charge < -0.3 is 26.2 Å². The molecule has 2 aromatic heterocycles. The number of nitrogens with one attached hydrogen (secondary N) is 3. The molecule has 5 rings (SSSR count). The lowest BCUT2D eigenvalue weighted by Crippen LogP contribution is -2.58. The van der Waals surface area contributed by atoms with E-state index < -0.39 is 46.8 Å². The Morgan fingerprint density at radius 1 is 1.19 bits per heavy atom.